The van der Waals surface area contributed by atoms with Gasteiger partial charge in [-0.3, -0.25) is 9.80 Å². The molecule has 29 heavy (non-hydrogen) atoms. The number of aromatic nitrogens is 1. The van der Waals surface area contributed by atoms with E-state index in [1.54, 1.807) is 6.20 Å². The normalized spacial score (nSPS) is 15.7. The predicted octanol–water partition coefficient (Wildman–Crippen LogP) is 4.09. The van der Waals surface area contributed by atoms with E-state index in [2.05, 4.69) is 27.5 Å². The molecule has 6 nitrogen and oxygen atoms in total. The number of carbonyl (C=O) groups is 1. The number of pyridine rings is 1. The molecule has 0 spiro atoms. The van der Waals surface area contributed by atoms with Crippen LogP contribution in [0.3, 0.4) is 0 Å². The summed E-state index contributed by atoms with van der Waals surface area (Å²) in [5.74, 6) is 0.629. The Morgan fingerprint density at radius 3 is 2.31 bits per heavy atom. The molecule has 1 atom stereocenters. The first-order valence-corrected chi connectivity index (χ1v) is 9.53. The van der Waals surface area contributed by atoms with Crippen molar-refractivity contribution in [1.29, 1.82) is 0 Å². The minimum absolute atomic E-state index is 0.0198. The van der Waals surface area contributed by atoms with Gasteiger partial charge in [-0.2, -0.15) is 5.10 Å². The van der Waals surface area contributed by atoms with Crippen LogP contribution in [-0.2, 0) is 4.79 Å². The van der Waals surface area contributed by atoms with Crippen molar-refractivity contribution in [3.8, 4) is 0 Å². The second-order valence-corrected chi connectivity index (χ2v) is 7.11. The maximum atomic E-state index is 12.9. The number of hydrogen-bond donors (Lipinski definition) is 1. The second-order valence-electron chi connectivity index (χ2n) is 7.11. The molecule has 1 aromatic heterocycles. The Morgan fingerprint density at radius 1 is 1.00 bits per heavy atom. The Bertz CT molecular complexity index is 1000. The van der Waals surface area contributed by atoms with Crippen LogP contribution in [0.25, 0.3) is 0 Å². The van der Waals surface area contributed by atoms with Crippen molar-refractivity contribution in [1.82, 2.24) is 4.98 Å². The lowest BCUT2D eigenvalue weighted by atomic mass is 10.0. The molecule has 1 aliphatic rings. The number of benzene rings is 2. The third kappa shape index (κ3) is 4.11. The van der Waals surface area contributed by atoms with E-state index in [4.69, 9.17) is 0 Å². The summed E-state index contributed by atoms with van der Waals surface area (Å²) in [7, 11) is 3.85. The summed E-state index contributed by atoms with van der Waals surface area (Å²) in [6.07, 6.45) is 2.19. The number of hydrazone groups is 1. The van der Waals surface area contributed by atoms with Crippen molar-refractivity contribution in [2.24, 2.45) is 5.10 Å². The molecule has 0 bridgehead atoms. The van der Waals surface area contributed by atoms with Gasteiger partial charge in [0, 0.05) is 20.5 Å². The van der Waals surface area contributed by atoms with Gasteiger partial charge in [0.25, 0.3) is 5.91 Å². The number of amides is 1. The van der Waals surface area contributed by atoms with Crippen molar-refractivity contribution in [3.63, 3.8) is 0 Å². The molecule has 1 aliphatic heterocycles. The Hall–Kier alpha value is -3.67. The van der Waals surface area contributed by atoms with Crippen LogP contribution in [0.2, 0.25) is 0 Å². The third-order valence-electron chi connectivity index (χ3n) is 4.84. The van der Waals surface area contributed by atoms with Crippen LogP contribution >= 0.6 is 0 Å². The monoisotopic (exact) mass is 385 g/mol. The number of rotatable bonds is 5. The predicted molar refractivity (Wildman–Crippen MR) is 117 cm³/mol. The molecule has 1 N–H and O–H groups in total. The van der Waals surface area contributed by atoms with Gasteiger partial charge in [-0.1, -0.05) is 48.5 Å². The first-order valence-electron chi connectivity index (χ1n) is 9.53. The van der Waals surface area contributed by atoms with Gasteiger partial charge in [0.1, 0.15) is 11.5 Å². The number of para-hydroxylation sites is 1. The standard InChI is InChI=1S/C23H23N5O/c1-27(2)22-14-13-18(16-24-22)25-23(29)20-15-21(17-9-5-3-6-10-17)28(26-20)19-11-7-4-8-12-19/h3-14,16,21H,15H2,1-2H3,(H,25,29). The van der Waals surface area contributed by atoms with Crippen molar-refractivity contribution >= 4 is 28.8 Å². The lowest BCUT2D eigenvalue weighted by Crippen LogP contribution is -2.22. The number of hydrogen-bond acceptors (Lipinski definition) is 5. The first kappa shape index (κ1) is 18.7. The molecule has 6 heteroatoms. The van der Waals surface area contributed by atoms with Gasteiger partial charge in [0.15, 0.2) is 0 Å². The molecule has 1 unspecified atom stereocenters. The minimum atomic E-state index is -0.205. The summed E-state index contributed by atoms with van der Waals surface area (Å²) in [6, 6.07) is 23.8. The quantitative estimate of drug-likeness (QED) is 0.718. The largest absolute Gasteiger partial charge is 0.363 e. The molecule has 2 heterocycles. The molecule has 146 valence electrons. The molecule has 2 aromatic carbocycles. The SMILES string of the molecule is CN(C)c1ccc(NC(=O)C2=NN(c3ccccc3)C(c3ccccc3)C2)cn1. The van der Waals surface area contributed by atoms with Crippen LogP contribution in [0.15, 0.2) is 84.1 Å². The van der Waals surface area contributed by atoms with Gasteiger partial charge < -0.3 is 10.2 Å². The van der Waals surface area contributed by atoms with Crippen LogP contribution in [0.1, 0.15) is 18.0 Å². The van der Waals surface area contributed by atoms with Crippen molar-refractivity contribution in [2.45, 2.75) is 12.5 Å². The molecule has 0 saturated heterocycles. The van der Waals surface area contributed by atoms with Crippen molar-refractivity contribution < 1.29 is 4.79 Å². The highest BCUT2D eigenvalue weighted by atomic mass is 16.2. The Balaban J connectivity index is 1.57. The average molecular weight is 385 g/mol. The van der Waals surface area contributed by atoms with Gasteiger partial charge in [-0.15, -0.1) is 0 Å². The summed E-state index contributed by atoms with van der Waals surface area (Å²) in [5, 5.41) is 9.51. The molecule has 0 saturated carbocycles. The topological polar surface area (TPSA) is 60.8 Å². The highest BCUT2D eigenvalue weighted by Gasteiger charge is 2.32. The van der Waals surface area contributed by atoms with Gasteiger partial charge in [-0.25, -0.2) is 4.98 Å². The number of carbonyl (C=O) groups excluding carboxylic acids is 1. The van der Waals surface area contributed by atoms with E-state index in [1.165, 1.54) is 0 Å². The lowest BCUT2D eigenvalue weighted by Gasteiger charge is -2.23. The van der Waals surface area contributed by atoms with Gasteiger partial charge in [0.2, 0.25) is 0 Å². The van der Waals surface area contributed by atoms with E-state index in [1.807, 2.05) is 84.7 Å². The Labute approximate surface area is 170 Å². The zero-order valence-electron chi connectivity index (χ0n) is 16.5. The fraction of sp³-hybridized carbons (Fsp3) is 0.174. The summed E-state index contributed by atoms with van der Waals surface area (Å²) < 4.78 is 0. The van der Waals surface area contributed by atoms with E-state index in [-0.39, 0.29) is 11.9 Å². The molecule has 4 rings (SSSR count). The minimum Gasteiger partial charge on any atom is -0.363 e. The zero-order valence-corrected chi connectivity index (χ0v) is 16.5. The fourth-order valence-corrected chi connectivity index (χ4v) is 3.33. The fourth-order valence-electron chi connectivity index (χ4n) is 3.33. The molecule has 0 aliphatic carbocycles. The lowest BCUT2D eigenvalue weighted by molar-refractivity contribution is -0.110. The zero-order chi connectivity index (χ0) is 20.2. The van der Waals surface area contributed by atoms with Crippen LogP contribution in [0.4, 0.5) is 17.2 Å². The first-order chi connectivity index (χ1) is 14.1. The molecule has 0 radical (unpaired) electrons. The maximum Gasteiger partial charge on any atom is 0.272 e. The highest BCUT2D eigenvalue weighted by molar-refractivity contribution is 6.43. The van der Waals surface area contributed by atoms with E-state index in [9.17, 15) is 4.79 Å². The molecular formula is C23H23N5O. The molecular weight excluding hydrogens is 362 g/mol. The number of nitrogens with one attached hydrogen (secondary N) is 1. The second kappa shape index (κ2) is 8.14. The van der Waals surface area contributed by atoms with E-state index < -0.39 is 0 Å². The molecule has 0 fully saturated rings. The average Bonchev–Trinajstić information content (AvgIpc) is 3.21. The molecule has 3 aromatic rings. The molecule has 1 amide bonds. The van der Waals surface area contributed by atoms with Crippen molar-refractivity contribution in [3.05, 3.63) is 84.6 Å². The van der Waals surface area contributed by atoms with Crippen LogP contribution < -0.4 is 15.2 Å². The summed E-state index contributed by atoms with van der Waals surface area (Å²) in [4.78, 5) is 19.1. The number of anilines is 3. The van der Waals surface area contributed by atoms with Crippen LogP contribution in [0.5, 0.6) is 0 Å². The van der Waals surface area contributed by atoms with Gasteiger partial charge in [0.05, 0.1) is 23.6 Å². The van der Waals surface area contributed by atoms with Crippen LogP contribution in [-0.4, -0.2) is 30.7 Å². The van der Waals surface area contributed by atoms with E-state index in [0.717, 1.165) is 17.1 Å². The smallest absolute Gasteiger partial charge is 0.272 e. The Kier molecular flexibility index (Phi) is 5.24. The summed E-state index contributed by atoms with van der Waals surface area (Å²) in [5.41, 5.74) is 3.23. The summed E-state index contributed by atoms with van der Waals surface area (Å²) in [6.45, 7) is 0. The third-order valence-corrected chi connectivity index (χ3v) is 4.84. The van der Waals surface area contributed by atoms with Crippen LogP contribution in [0, 0.1) is 0 Å². The Morgan fingerprint density at radius 2 is 1.69 bits per heavy atom. The number of nitrogens with zero attached hydrogens (tertiary/aromatic N) is 4. The van der Waals surface area contributed by atoms with E-state index in [0.29, 0.717) is 17.8 Å². The maximum absolute atomic E-state index is 12.9. The highest BCUT2D eigenvalue weighted by Crippen LogP contribution is 2.35. The van der Waals surface area contributed by atoms with Gasteiger partial charge >= 0.3 is 0 Å². The van der Waals surface area contributed by atoms with E-state index >= 15 is 0 Å². The van der Waals surface area contributed by atoms with Crippen molar-refractivity contribution in [2.75, 3.05) is 29.3 Å². The van der Waals surface area contributed by atoms with Gasteiger partial charge in [-0.05, 0) is 29.8 Å². The summed E-state index contributed by atoms with van der Waals surface area (Å²) >= 11 is 0.